The van der Waals surface area contributed by atoms with Gasteiger partial charge in [-0.05, 0) is 36.8 Å². The summed E-state index contributed by atoms with van der Waals surface area (Å²) in [5.74, 6) is 0.887. The standard InChI is InChI=1S/C16H17NO4/c1-10-4-6-12(9-13(10)18)17-16(19)11-5-7-14(20-2)15(8-11)21-3/h4-9,18H,1-3H3,(H,17,19). The van der Waals surface area contributed by atoms with Crippen LogP contribution in [0.5, 0.6) is 17.2 Å². The van der Waals surface area contributed by atoms with Crippen molar-refractivity contribution in [1.29, 1.82) is 0 Å². The lowest BCUT2D eigenvalue weighted by atomic mass is 10.1. The third-order valence-corrected chi connectivity index (χ3v) is 3.11. The first kappa shape index (κ1) is 14.7. The Labute approximate surface area is 123 Å². The number of methoxy groups -OCH3 is 2. The van der Waals surface area contributed by atoms with E-state index in [9.17, 15) is 9.90 Å². The van der Waals surface area contributed by atoms with E-state index in [0.717, 1.165) is 5.56 Å². The van der Waals surface area contributed by atoms with E-state index in [2.05, 4.69) is 5.32 Å². The Hall–Kier alpha value is -2.69. The maximum Gasteiger partial charge on any atom is 0.255 e. The third-order valence-electron chi connectivity index (χ3n) is 3.11. The van der Waals surface area contributed by atoms with Crippen molar-refractivity contribution in [2.75, 3.05) is 19.5 Å². The molecule has 0 atom stereocenters. The van der Waals surface area contributed by atoms with Gasteiger partial charge in [0.2, 0.25) is 0 Å². The molecular weight excluding hydrogens is 270 g/mol. The van der Waals surface area contributed by atoms with Crippen LogP contribution in [0.1, 0.15) is 15.9 Å². The fourth-order valence-corrected chi connectivity index (χ4v) is 1.87. The summed E-state index contributed by atoms with van der Waals surface area (Å²) in [5.41, 5.74) is 1.71. The summed E-state index contributed by atoms with van der Waals surface area (Å²) in [4.78, 5) is 12.2. The maximum atomic E-state index is 12.2. The minimum absolute atomic E-state index is 0.139. The van der Waals surface area contributed by atoms with Gasteiger partial charge in [0.15, 0.2) is 11.5 Å². The van der Waals surface area contributed by atoms with E-state index in [1.807, 2.05) is 0 Å². The van der Waals surface area contributed by atoms with Gasteiger partial charge in [-0.25, -0.2) is 0 Å². The SMILES string of the molecule is COc1ccc(C(=O)Nc2ccc(C)c(O)c2)cc1OC. The Balaban J connectivity index is 2.21. The highest BCUT2D eigenvalue weighted by Crippen LogP contribution is 2.28. The van der Waals surface area contributed by atoms with E-state index in [0.29, 0.717) is 22.7 Å². The van der Waals surface area contributed by atoms with Gasteiger partial charge in [-0.2, -0.15) is 0 Å². The smallest absolute Gasteiger partial charge is 0.255 e. The van der Waals surface area contributed by atoms with Crippen molar-refractivity contribution >= 4 is 11.6 Å². The molecule has 0 radical (unpaired) electrons. The number of carbonyl (C=O) groups is 1. The molecule has 2 aromatic carbocycles. The monoisotopic (exact) mass is 287 g/mol. The summed E-state index contributed by atoms with van der Waals surface area (Å²) in [6.45, 7) is 1.79. The summed E-state index contributed by atoms with van der Waals surface area (Å²) in [6.07, 6.45) is 0. The molecule has 5 nitrogen and oxygen atoms in total. The zero-order valence-corrected chi connectivity index (χ0v) is 12.1. The summed E-state index contributed by atoms with van der Waals surface area (Å²) < 4.78 is 10.3. The lowest BCUT2D eigenvalue weighted by Gasteiger charge is -2.10. The number of nitrogens with one attached hydrogen (secondary N) is 1. The minimum atomic E-state index is -0.292. The van der Waals surface area contributed by atoms with Crippen molar-refractivity contribution < 1.29 is 19.4 Å². The van der Waals surface area contributed by atoms with E-state index in [1.165, 1.54) is 20.3 Å². The summed E-state index contributed by atoms with van der Waals surface area (Å²) in [7, 11) is 3.05. The van der Waals surface area contributed by atoms with Gasteiger partial charge in [-0.15, -0.1) is 0 Å². The maximum absolute atomic E-state index is 12.2. The Morgan fingerprint density at radius 3 is 2.38 bits per heavy atom. The third kappa shape index (κ3) is 3.25. The number of hydrogen-bond donors (Lipinski definition) is 2. The van der Waals surface area contributed by atoms with Crippen LogP contribution in [-0.2, 0) is 0 Å². The van der Waals surface area contributed by atoms with Crippen molar-refractivity contribution in [1.82, 2.24) is 0 Å². The van der Waals surface area contributed by atoms with Gasteiger partial charge in [0.25, 0.3) is 5.91 Å². The summed E-state index contributed by atoms with van der Waals surface area (Å²) >= 11 is 0. The van der Waals surface area contributed by atoms with Gasteiger partial charge < -0.3 is 19.9 Å². The first-order chi connectivity index (χ1) is 10.0. The molecule has 21 heavy (non-hydrogen) atoms. The molecule has 0 aliphatic heterocycles. The number of phenolic OH excluding ortho intramolecular Hbond substituents is 1. The zero-order chi connectivity index (χ0) is 15.4. The number of amides is 1. The number of anilines is 1. The lowest BCUT2D eigenvalue weighted by molar-refractivity contribution is 0.102. The second kappa shape index (κ2) is 6.17. The predicted molar refractivity (Wildman–Crippen MR) is 80.3 cm³/mol. The van der Waals surface area contributed by atoms with E-state index < -0.39 is 0 Å². The quantitative estimate of drug-likeness (QED) is 0.907. The molecule has 1 amide bonds. The molecule has 2 N–H and O–H groups in total. The van der Waals surface area contributed by atoms with Crippen molar-refractivity contribution in [2.45, 2.75) is 6.92 Å². The molecule has 0 spiro atoms. The molecule has 5 heteroatoms. The van der Waals surface area contributed by atoms with Gasteiger partial charge in [-0.1, -0.05) is 6.07 Å². The number of hydrogen-bond acceptors (Lipinski definition) is 4. The molecule has 110 valence electrons. The molecule has 0 heterocycles. The highest BCUT2D eigenvalue weighted by atomic mass is 16.5. The van der Waals surface area contributed by atoms with Gasteiger partial charge >= 0.3 is 0 Å². The van der Waals surface area contributed by atoms with Gasteiger partial charge in [0, 0.05) is 17.3 Å². The number of ether oxygens (including phenoxy) is 2. The Morgan fingerprint density at radius 2 is 1.76 bits per heavy atom. The van der Waals surface area contributed by atoms with Gasteiger partial charge in [0.1, 0.15) is 5.75 Å². The second-order valence-corrected chi connectivity index (χ2v) is 4.53. The molecule has 0 unspecified atom stereocenters. The largest absolute Gasteiger partial charge is 0.508 e. The highest BCUT2D eigenvalue weighted by Gasteiger charge is 2.11. The van der Waals surface area contributed by atoms with Crippen LogP contribution in [-0.4, -0.2) is 25.2 Å². The number of benzene rings is 2. The zero-order valence-electron chi connectivity index (χ0n) is 12.1. The average molecular weight is 287 g/mol. The van der Waals surface area contributed by atoms with Crippen molar-refractivity contribution in [3.05, 3.63) is 47.5 Å². The van der Waals surface area contributed by atoms with Crippen LogP contribution < -0.4 is 14.8 Å². The second-order valence-electron chi connectivity index (χ2n) is 4.53. The molecule has 0 fully saturated rings. The normalized spacial score (nSPS) is 10.0. The number of rotatable bonds is 4. The molecule has 0 aliphatic carbocycles. The van der Waals surface area contributed by atoms with E-state index in [-0.39, 0.29) is 11.7 Å². The van der Waals surface area contributed by atoms with Gasteiger partial charge in [0.05, 0.1) is 14.2 Å². The van der Waals surface area contributed by atoms with E-state index >= 15 is 0 Å². The van der Waals surface area contributed by atoms with Crippen molar-refractivity contribution in [2.24, 2.45) is 0 Å². The van der Waals surface area contributed by atoms with Crippen molar-refractivity contribution in [3.8, 4) is 17.2 Å². The fourth-order valence-electron chi connectivity index (χ4n) is 1.87. The first-order valence-electron chi connectivity index (χ1n) is 6.38. The topological polar surface area (TPSA) is 67.8 Å². The van der Waals surface area contributed by atoms with Crippen LogP contribution in [0.15, 0.2) is 36.4 Å². The van der Waals surface area contributed by atoms with Gasteiger partial charge in [-0.3, -0.25) is 4.79 Å². The molecule has 2 rings (SSSR count). The van der Waals surface area contributed by atoms with Crippen molar-refractivity contribution in [3.63, 3.8) is 0 Å². The van der Waals surface area contributed by atoms with Crippen LogP contribution in [0.2, 0.25) is 0 Å². The summed E-state index contributed by atoms with van der Waals surface area (Å²) in [5, 5.41) is 12.4. The summed E-state index contributed by atoms with van der Waals surface area (Å²) in [6, 6.07) is 9.88. The molecule has 0 aromatic heterocycles. The van der Waals surface area contributed by atoms with Crippen LogP contribution in [0.25, 0.3) is 0 Å². The number of aryl methyl sites for hydroxylation is 1. The number of carbonyl (C=O) groups excluding carboxylic acids is 1. The predicted octanol–water partition coefficient (Wildman–Crippen LogP) is 2.97. The minimum Gasteiger partial charge on any atom is -0.508 e. The molecule has 0 aliphatic rings. The van der Waals surface area contributed by atoms with E-state index in [1.54, 1.807) is 37.3 Å². The van der Waals surface area contributed by atoms with Crippen LogP contribution in [0.4, 0.5) is 5.69 Å². The molecule has 2 aromatic rings. The average Bonchev–Trinajstić information content (AvgIpc) is 2.50. The Kier molecular flexibility index (Phi) is 4.33. The molecule has 0 bridgehead atoms. The lowest BCUT2D eigenvalue weighted by Crippen LogP contribution is -2.12. The van der Waals surface area contributed by atoms with Crippen LogP contribution >= 0.6 is 0 Å². The fraction of sp³-hybridized carbons (Fsp3) is 0.188. The van der Waals surface area contributed by atoms with E-state index in [4.69, 9.17) is 9.47 Å². The Morgan fingerprint density at radius 1 is 1.05 bits per heavy atom. The first-order valence-corrected chi connectivity index (χ1v) is 6.38. The molecular formula is C16H17NO4. The Bertz CT molecular complexity index is 667. The van der Waals surface area contributed by atoms with Crippen LogP contribution in [0, 0.1) is 6.92 Å². The number of phenols is 1. The molecule has 0 saturated heterocycles. The highest BCUT2D eigenvalue weighted by molar-refractivity contribution is 6.04. The molecule has 0 saturated carbocycles. The van der Waals surface area contributed by atoms with Crippen LogP contribution in [0.3, 0.4) is 0 Å². The number of aromatic hydroxyl groups is 1.